The van der Waals surface area contributed by atoms with Crippen molar-refractivity contribution in [1.29, 1.82) is 0 Å². The van der Waals surface area contributed by atoms with Gasteiger partial charge in [-0.2, -0.15) is 0 Å². The van der Waals surface area contributed by atoms with Crippen molar-refractivity contribution in [3.8, 4) is 0 Å². The number of amides is 2. The second kappa shape index (κ2) is 23.1. The summed E-state index contributed by atoms with van der Waals surface area (Å²) < 4.78 is 11.2. The van der Waals surface area contributed by atoms with Crippen LogP contribution in [0.25, 0.3) is 0 Å². The zero-order valence-corrected chi connectivity index (χ0v) is 42.6. The van der Waals surface area contributed by atoms with E-state index in [9.17, 15) is 19.8 Å². The second-order valence-electron chi connectivity index (χ2n) is 23.6. The Morgan fingerprint density at radius 2 is 1.10 bits per heavy atom. The van der Waals surface area contributed by atoms with Crippen molar-refractivity contribution in [2.24, 2.45) is 87.6 Å². The molecule has 16 atom stereocenters. The van der Waals surface area contributed by atoms with Crippen LogP contribution in [0.15, 0.2) is 36.4 Å². The predicted molar refractivity (Wildman–Crippen MR) is 278 cm³/mol. The Hall–Kier alpha value is -2.63. The van der Waals surface area contributed by atoms with Gasteiger partial charge in [-0.3, -0.25) is 9.59 Å². The molecule has 0 aliphatic heterocycles. The van der Waals surface area contributed by atoms with Crippen molar-refractivity contribution >= 4 is 29.2 Å². The number of aliphatic hydroxyl groups is 2. The summed E-state index contributed by atoms with van der Waals surface area (Å²) in [5.41, 5.74) is 6.67. The van der Waals surface area contributed by atoms with Gasteiger partial charge in [-0.05, 0) is 238 Å². The Balaban J connectivity index is 0.000000194. The number of anilines is 1. The van der Waals surface area contributed by atoms with Crippen molar-refractivity contribution in [3.63, 3.8) is 0 Å². The largest absolute Gasteiger partial charge is 0.387 e. The molecule has 2 amide bonds. The normalized spacial score (nSPS) is 40.3. The number of hydrogen-bond acceptors (Lipinski definition) is 8. The predicted octanol–water partition coefficient (Wildman–Crippen LogP) is 12.2. The zero-order chi connectivity index (χ0) is 47.7. The molecule has 0 bridgehead atoms. The lowest BCUT2D eigenvalue weighted by Gasteiger charge is -2.57. The van der Waals surface area contributed by atoms with Crippen LogP contribution in [0, 0.1) is 95.7 Å². The average Bonchev–Trinajstić information content (AvgIpc) is 3.85. The summed E-state index contributed by atoms with van der Waals surface area (Å²) >= 11 is 5.53. The number of rotatable bonds is 9. The number of nitrogens with zero attached hydrogens (tertiary/aromatic N) is 2. The Morgan fingerprint density at radius 3 is 1.55 bits per heavy atom. The van der Waals surface area contributed by atoms with E-state index in [0.29, 0.717) is 61.1 Å². The number of hydrogen-bond donors (Lipinski definition) is 4. The molecule has 8 saturated carbocycles. The summed E-state index contributed by atoms with van der Waals surface area (Å²) in [4.78, 5) is 33.8. The maximum atomic E-state index is 13.3. The third kappa shape index (κ3) is 11.8. The lowest BCUT2D eigenvalue weighted by Crippen LogP contribution is -2.52. The summed E-state index contributed by atoms with van der Waals surface area (Å²) in [6.45, 7) is 15.0. The number of carbonyl (C=O) groups is 2. The minimum Gasteiger partial charge on any atom is -0.387 e. The molecule has 11 heteroatoms. The van der Waals surface area contributed by atoms with E-state index in [1.807, 2.05) is 58.0 Å². The molecule has 0 spiro atoms. The first-order valence-corrected chi connectivity index (χ1v) is 27.1. The first-order chi connectivity index (χ1) is 32.0. The van der Waals surface area contributed by atoms with Gasteiger partial charge in [-0.15, -0.1) is 0 Å². The molecule has 69 heavy (non-hydrogen) atoms. The molecule has 0 aromatic carbocycles. The highest BCUT2D eigenvalue weighted by Gasteiger charge is 2.61. The fourth-order valence-electron chi connectivity index (χ4n) is 17.0. The van der Waals surface area contributed by atoms with Crippen molar-refractivity contribution in [3.05, 3.63) is 52.9 Å². The molecule has 2 heterocycles. The molecule has 388 valence electrons. The number of nitrogens with two attached hydrogens (primary N) is 1. The Kier molecular flexibility index (Phi) is 18.6. The smallest absolute Gasteiger partial charge is 0.229 e. The lowest BCUT2D eigenvalue weighted by molar-refractivity contribution is -0.137. The molecule has 0 radical (unpaired) electrons. The van der Waals surface area contributed by atoms with E-state index >= 15 is 0 Å². The quantitative estimate of drug-likeness (QED) is 0.181. The number of halogens is 1. The number of aromatic nitrogens is 2. The number of carbonyl (C=O) groups excluding carboxylic acids is 2. The highest BCUT2D eigenvalue weighted by atomic mass is 35.5. The van der Waals surface area contributed by atoms with E-state index in [0.717, 1.165) is 105 Å². The molecule has 2 aromatic heterocycles. The highest BCUT2D eigenvalue weighted by Crippen LogP contribution is 2.66. The fourth-order valence-corrected chi connectivity index (χ4v) is 17.2. The van der Waals surface area contributed by atoms with Crippen LogP contribution in [-0.4, -0.2) is 69.6 Å². The summed E-state index contributed by atoms with van der Waals surface area (Å²) in [6.07, 6.45) is 20.1. The number of primary amides is 1. The van der Waals surface area contributed by atoms with Crippen molar-refractivity contribution < 1.29 is 29.3 Å². The van der Waals surface area contributed by atoms with E-state index in [2.05, 4.69) is 29.1 Å². The van der Waals surface area contributed by atoms with Gasteiger partial charge in [0.1, 0.15) is 11.0 Å². The summed E-state index contributed by atoms with van der Waals surface area (Å²) in [6, 6.07) is 11.4. The Labute approximate surface area is 422 Å². The van der Waals surface area contributed by atoms with Crippen molar-refractivity contribution in [1.82, 2.24) is 9.97 Å². The number of nitrogens with one attached hydrogen (secondary N) is 1. The SMILES string of the molecule is C.C.CCOC[C@@]1(O)CC[C@H]2[C@H](CC[C@@H]3[C@@H]2CC[C@]2(C)[C@@H](C(=O)Nc4cccc(C)n4)CC[C@@H]32)C1.CCOC[C@@]1(O)CC[C@H]2[C@H](CC[C@@H]3[C@@H]2CC[C@]2(C)[C@@H](C(N)=O)CC[C@@H]32)C1.Cc1cccc(Cl)n1. The molecular weight excluding hydrogens is 884 g/mol. The maximum Gasteiger partial charge on any atom is 0.229 e. The van der Waals surface area contributed by atoms with Crippen LogP contribution in [0.1, 0.15) is 170 Å². The van der Waals surface area contributed by atoms with Crippen LogP contribution in [0.5, 0.6) is 0 Å². The van der Waals surface area contributed by atoms with Crippen LogP contribution in [0.3, 0.4) is 0 Å². The highest BCUT2D eigenvalue weighted by molar-refractivity contribution is 6.29. The summed E-state index contributed by atoms with van der Waals surface area (Å²) in [5.74, 6) is 8.23. The maximum absolute atomic E-state index is 13.3. The number of ether oxygens (including phenoxy) is 2. The molecule has 8 fully saturated rings. The van der Waals surface area contributed by atoms with Gasteiger partial charge in [0.2, 0.25) is 11.8 Å². The second-order valence-corrected chi connectivity index (χ2v) is 24.0. The van der Waals surface area contributed by atoms with Gasteiger partial charge in [-0.25, -0.2) is 9.97 Å². The van der Waals surface area contributed by atoms with E-state index < -0.39 is 11.2 Å². The number of aryl methyl sites for hydroxylation is 2. The van der Waals surface area contributed by atoms with Crippen LogP contribution < -0.4 is 11.1 Å². The van der Waals surface area contributed by atoms with E-state index in [1.165, 1.54) is 57.8 Å². The summed E-state index contributed by atoms with van der Waals surface area (Å²) in [5, 5.41) is 25.7. The first kappa shape index (κ1) is 55.7. The third-order valence-corrected chi connectivity index (χ3v) is 20.2. The minimum absolute atomic E-state index is 0. The molecule has 8 aliphatic rings. The molecule has 8 aliphatic carbocycles. The number of fused-ring (bicyclic) bond motifs is 10. The van der Waals surface area contributed by atoms with Crippen molar-refractivity contribution in [2.45, 2.75) is 183 Å². The standard InChI is InChI=1S/C28H42N2O3.C22H37NO3.C6H6ClN.2CH4/c1-4-33-17-28(32)15-13-20-19(16-28)8-9-22-21(20)12-14-27(3)23(22)10-11-24(27)26(31)30-25-7-5-6-18(2)29-25;1-3-26-13-22(25)11-9-15-14(12-22)4-5-17-16(15)8-10-21(2)18(17)6-7-19(21)20(23)24;1-5-3-2-4-6(7)8-5;;/h5-7,19-24,32H,4,8-17H2,1-3H3,(H,29,30,31);14-19,25H,3-13H2,1-2H3,(H2,23,24);2-4H,1H3;2*1H4/t19-,20+,21-,22-,23+,24-,27+,28-;14-,15+,16-,17-,18+,19-,21+,22-;;;/m11.../s1. The molecule has 10 rings (SSSR count). The topological polar surface area (TPSA) is 157 Å². The van der Waals surface area contributed by atoms with Crippen LogP contribution in [-0.2, 0) is 19.1 Å². The summed E-state index contributed by atoms with van der Waals surface area (Å²) in [7, 11) is 0. The Morgan fingerprint density at radius 1 is 0.638 bits per heavy atom. The number of pyridine rings is 2. The fraction of sp³-hybridized carbons (Fsp3) is 0.793. The molecule has 2 aromatic rings. The minimum atomic E-state index is -0.617. The van der Waals surface area contributed by atoms with Gasteiger partial charge < -0.3 is 30.7 Å². The zero-order valence-electron chi connectivity index (χ0n) is 41.8. The monoisotopic (exact) mass is 977 g/mol. The van der Waals surface area contributed by atoms with Gasteiger partial charge >= 0.3 is 0 Å². The molecule has 5 N–H and O–H groups in total. The van der Waals surface area contributed by atoms with Gasteiger partial charge in [0.25, 0.3) is 0 Å². The molecule has 0 unspecified atom stereocenters. The molecule has 10 nitrogen and oxygen atoms in total. The van der Waals surface area contributed by atoms with Gasteiger partial charge in [0, 0.05) is 36.4 Å². The van der Waals surface area contributed by atoms with Crippen LogP contribution >= 0.6 is 11.6 Å². The Bertz CT molecular complexity index is 2010. The van der Waals surface area contributed by atoms with Crippen LogP contribution in [0.4, 0.5) is 5.82 Å². The van der Waals surface area contributed by atoms with E-state index in [4.69, 9.17) is 26.8 Å². The lowest BCUT2D eigenvalue weighted by atomic mass is 9.49. The van der Waals surface area contributed by atoms with Gasteiger partial charge in [-0.1, -0.05) is 52.4 Å². The molecule has 0 saturated heterocycles. The first-order valence-electron chi connectivity index (χ1n) is 26.7. The van der Waals surface area contributed by atoms with Gasteiger partial charge in [0.15, 0.2) is 0 Å². The van der Waals surface area contributed by atoms with Crippen LogP contribution in [0.2, 0.25) is 5.15 Å². The van der Waals surface area contributed by atoms with E-state index in [1.54, 1.807) is 6.07 Å². The average molecular weight is 978 g/mol. The van der Waals surface area contributed by atoms with Gasteiger partial charge in [0.05, 0.1) is 24.4 Å². The van der Waals surface area contributed by atoms with Crippen molar-refractivity contribution in [2.75, 3.05) is 31.7 Å². The molecular formula is C58H93ClN4O6. The van der Waals surface area contributed by atoms with E-state index in [-0.39, 0.29) is 49.3 Å². The third-order valence-electron chi connectivity index (χ3n) is 20.0.